The van der Waals surface area contributed by atoms with Crippen molar-refractivity contribution in [2.75, 3.05) is 19.8 Å². The van der Waals surface area contributed by atoms with Gasteiger partial charge in [-0.1, -0.05) is 13.8 Å². The second-order valence-corrected chi connectivity index (χ2v) is 4.26. The monoisotopic (exact) mass is 216 g/mol. The van der Waals surface area contributed by atoms with Crippen molar-refractivity contribution in [3.63, 3.8) is 0 Å². The fourth-order valence-corrected chi connectivity index (χ4v) is 1.08. The molecule has 0 atom stereocenters. The van der Waals surface area contributed by atoms with Gasteiger partial charge < -0.3 is 9.47 Å². The average molecular weight is 216 g/mol. The quantitative estimate of drug-likeness (QED) is 0.555. The zero-order valence-electron chi connectivity index (χ0n) is 10.4. The lowest BCUT2D eigenvalue weighted by molar-refractivity contribution is -0.122. The van der Waals surface area contributed by atoms with E-state index in [1.165, 1.54) is 0 Å². The normalized spacial score (nSPS) is 11.3. The molecule has 0 rings (SSSR count). The van der Waals surface area contributed by atoms with Crippen molar-refractivity contribution in [1.82, 2.24) is 0 Å². The first-order valence-corrected chi connectivity index (χ1v) is 5.76. The molecule has 15 heavy (non-hydrogen) atoms. The van der Waals surface area contributed by atoms with Gasteiger partial charge in [-0.25, -0.2) is 0 Å². The van der Waals surface area contributed by atoms with Crippen LogP contribution in [0.25, 0.3) is 0 Å². The molecule has 0 N–H and O–H groups in total. The molecule has 3 nitrogen and oxygen atoms in total. The van der Waals surface area contributed by atoms with Crippen LogP contribution in [0.1, 0.15) is 40.5 Å². The molecule has 0 spiro atoms. The Balaban J connectivity index is 3.15. The summed E-state index contributed by atoms with van der Waals surface area (Å²) >= 11 is 0. The fraction of sp³-hybridized carbons (Fsp3) is 0.917. The number of rotatable bonds is 9. The molecule has 0 aromatic heterocycles. The van der Waals surface area contributed by atoms with E-state index in [9.17, 15) is 4.79 Å². The van der Waals surface area contributed by atoms with Crippen molar-refractivity contribution < 1.29 is 14.3 Å². The SMILES string of the molecule is CC(C)OCCOCCCC(=O)C(C)C. The van der Waals surface area contributed by atoms with Crippen LogP contribution in [0.2, 0.25) is 0 Å². The molecule has 0 radical (unpaired) electrons. The minimum atomic E-state index is 0.147. The Morgan fingerprint density at radius 3 is 2.27 bits per heavy atom. The molecule has 0 saturated heterocycles. The molecule has 0 saturated carbocycles. The highest BCUT2D eigenvalue weighted by molar-refractivity contribution is 5.80. The summed E-state index contributed by atoms with van der Waals surface area (Å²) in [6.45, 7) is 9.77. The van der Waals surface area contributed by atoms with Gasteiger partial charge >= 0.3 is 0 Å². The molecule has 0 amide bonds. The van der Waals surface area contributed by atoms with Crippen LogP contribution in [-0.2, 0) is 14.3 Å². The number of hydrogen-bond donors (Lipinski definition) is 0. The van der Waals surface area contributed by atoms with Crippen molar-refractivity contribution in [1.29, 1.82) is 0 Å². The van der Waals surface area contributed by atoms with Gasteiger partial charge in [0.15, 0.2) is 0 Å². The third-order valence-electron chi connectivity index (χ3n) is 2.03. The van der Waals surface area contributed by atoms with Crippen molar-refractivity contribution >= 4 is 5.78 Å². The largest absolute Gasteiger partial charge is 0.379 e. The van der Waals surface area contributed by atoms with Crippen LogP contribution in [0.15, 0.2) is 0 Å². The fourth-order valence-electron chi connectivity index (χ4n) is 1.08. The van der Waals surface area contributed by atoms with E-state index in [2.05, 4.69) is 0 Å². The van der Waals surface area contributed by atoms with Gasteiger partial charge in [0.25, 0.3) is 0 Å². The Labute approximate surface area is 93.1 Å². The lowest BCUT2D eigenvalue weighted by Gasteiger charge is -2.08. The molecule has 0 aliphatic rings. The highest BCUT2D eigenvalue weighted by atomic mass is 16.5. The Morgan fingerprint density at radius 1 is 1.07 bits per heavy atom. The molecule has 0 aliphatic heterocycles. The van der Waals surface area contributed by atoms with Gasteiger partial charge in [0.1, 0.15) is 5.78 Å². The zero-order valence-corrected chi connectivity index (χ0v) is 10.4. The van der Waals surface area contributed by atoms with Gasteiger partial charge in [-0.05, 0) is 20.3 Å². The third-order valence-corrected chi connectivity index (χ3v) is 2.03. The predicted octanol–water partition coefficient (Wildman–Crippen LogP) is 2.43. The molecule has 0 fully saturated rings. The topological polar surface area (TPSA) is 35.5 Å². The second-order valence-electron chi connectivity index (χ2n) is 4.26. The van der Waals surface area contributed by atoms with Crippen molar-refractivity contribution in [2.24, 2.45) is 5.92 Å². The molecule has 0 aliphatic carbocycles. The smallest absolute Gasteiger partial charge is 0.135 e. The van der Waals surface area contributed by atoms with E-state index in [0.29, 0.717) is 32.0 Å². The average Bonchev–Trinajstić information content (AvgIpc) is 2.15. The van der Waals surface area contributed by atoms with Crippen LogP contribution in [-0.4, -0.2) is 31.7 Å². The Morgan fingerprint density at radius 2 is 1.73 bits per heavy atom. The molecular formula is C12H24O3. The summed E-state index contributed by atoms with van der Waals surface area (Å²) in [5, 5.41) is 0. The summed E-state index contributed by atoms with van der Waals surface area (Å²) in [7, 11) is 0. The van der Waals surface area contributed by atoms with Crippen LogP contribution in [0, 0.1) is 5.92 Å². The van der Waals surface area contributed by atoms with E-state index in [1.807, 2.05) is 27.7 Å². The van der Waals surface area contributed by atoms with Gasteiger partial charge in [0.05, 0.1) is 19.3 Å². The van der Waals surface area contributed by atoms with E-state index in [1.54, 1.807) is 0 Å². The summed E-state index contributed by atoms with van der Waals surface area (Å²) in [4.78, 5) is 11.2. The van der Waals surface area contributed by atoms with Gasteiger partial charge in [-0.2, -0.15) is 0 Å². The second kappa shape index (κ2) is 8.86. The van der Waals surface area contributed by atoms with Crippen LogP contribution in [0.3, 0.4) is 0 Å². The molecule has 0 heterocycles. The van der Waals surface area contributed by atoms with Crippen LogP contribution < -0.4 is 0 Å². The minimum Gasteiger partial charge on any atom is -0.379 e. The predicted molar refractivity (Wildman–Crippen MR) is 61.0 cm³/mol. The standard InChI is InChI=1S/C12H24O3/c1-10(2)12(13)6-5-7-14-8-9-15-11(3)4/h10-11H,5-9H2,1-4H3. The van der Waals surface area contributed by atoms with Gasteiger partial charge in [-0.3, -0.25) is 4.79 Å². The van der Waals surface area contributed by atoms with Gasteiger partial charge in [0.2, 0.25) is 0 Å². The maximum Gasteiger partial charge on any atom is 0.135 e. The van der Waals surface area contributed by atoms with Gasteiger partial charge in [-0.15, -0.1) is 0 Å². The zero-order chi connectivity index (χ0) is 11.7. The number of ether oxygens (including phenoxy) is 2. The van der Waals surface area contributed by atoms with Crippen LogP contribution in [0.5, 0.6) is 0 Å². The maximum atomic E-state index is 11.2. The Kier molecular flexibility index (Phi) is 8.62. The number of carbonyl (C=O) groups excluding carboxylic acids is 1. The maximum absolute atomic E-state index is 11.2. The summed E-state index contributed by atoms with van der Waals surface area (Å²) in [6, 6.07) is 0. The minimum absolute atomic E-state index is 0.147. The molecule has 90 valence electrons. The van der Waals surface area contributed by atoms with E-state index in [-0.39, 0.29) is 12.0 Å². The highest BCUT2D eigenvalue weighted by Gasteiger charge is 2.05. The molecule has 0 aromatic carbocycles. The van der Waals surface area contributed by atoms with E-state index in [4.69, 9.17) is 9.47 Å². The third kappa shape index (κ3) is 9.88. The molecular weight excluding hydrogens is 192 g/mol. The highest BCUT2D eigenvalue weighted by Crippen LogP contribution is 2.01. The molecule has 0 bridgehead atoms. The lowest BCUT2D eigenvalue weighted by atomic mass is 10.1. The molecule has 0 aromatic rings. The lowest BCUT2D eigenvalue weighted by Crippen LogP contribution is -2.11. The number of Topliss-reactive ketones (excluding diaryl/α,β-unsaturated/α-hetero) is 1. The summed E-state index contributed by atoms with van der Waals surface area (Å²) < 4.78 is 10.7. The Hall–Kier alpha value is -0.410. The first-order chi connectivity index (χ1) is 7.04. The first kappa shape index (κ1) is 14.6. The van der Waals surface area contributed by atoms with Crippen molar-refractivity contribution in [3.05, 3.63) is 0 Å². The van der Waals surface area contributed by atoms with E-state index < -0.39 is 0 Å². The summed E-state index contributed by atoms with van der Waals surface area (Å²) in [5.41, 5.74) is 0. The van der Waals surface area contributed by atoms with E-state index >= 15 is 0 Å². The van der Waals surface area contributed by atoms with Crippen molar-refractivity contribution in [2.45, 2.75) is 46.6 Å². The number of carbonyl (C=O) groups is 1. The van der Waals surface area contributed by atoms with E-state index in [0.717, 1.165) is 6.42 Å². The van der Waals surface area contributed by atoms with Crippen LogP contribution in [0.4, 0.5) is 0 Å². The van der Waals surface area contributed by atoms with Crippen molar-refractivity contribution in [3.8, 4) is 0 Å². The van der Waals surface area contributed by atoms with Crippen LogP contribution >= 0.6 is 0 Å². The summed E-state index contributed by atoms with van der Waals surface area (Å²) in [6.07, 6.45) is 1.71. The van der Waals surface area contributed by atoms with Gasteiger partial charge in [0, 0.05) is 18.9 Å². The number of hydrogen-bond acceptors (Lipinski definition) is 3. The Bertz CT molecular complexity index is 164. The molecule has 0 unspecified atom stereocenters. The summed E-state index contributed by atoms with van der Waals surface area (Å²) in [5.74, 6) is 0.464. The molecule has 3 heteroatoms. The number of ketones is 1. The first-order valence-electron chi connectivity index (χ1n) is 5.76.